The van der Waals surface area contributed by atoms with Crippen molar-refractivity contribution in [1.82, 2.24) is 10.3 Å². The third-order valence-electron chi connectivity index (χ3n) is 9.25. The molecule has 6 rings (SSSR count). The number of aliphatic hydroxyl groups is 2. The van der Waals surface area contributed by atoms with Crippen molar-refractivity contribution >= 4 is 23.6 Å². The second-order valence-electron chi connectivity index (χ2n) is 12.5. The van der Waals surface area contributed by atoms with Gasteiger partial charge in [0.15, 0.2) is 0 Å². The number of aryl methyl sites for hydroxylation is 2. The van der Waals surface area contributed by atoms with E-state index in [4.69, 9.17) is 28.0 Å². The highest BCUT2D eigenvalue weighted by Crippen LogP contribution is 2.53. The van der Waals surface area contributed by atoms with E-state index < -0.39 is 46.8 Å². The first-order valence-electron chi connectivity index (χ1n) is 14.8. The van der Waals surface area contributed by atoms with Crippen LogP contribution in [0, 0.1) is 31.1 Å². The molecule has 2 aromatic heterocycles. The van der Waals surface area contributed by atoms with Crippen molar-refractivity contribution in [3.05, 3.63) is 46.9 Å². The van der Waals surface area contributed by atoms with Crippen LogP contribution in [0.2, 0.25) is 0 Å². The predicted octanol–water partition coefficient (Wildman–Crippen LogP) is 6.55. The number of rotatable bonds is 6. The maximum absolute atomic E-state index is 12.7. The molecule has 0 bridgehead atoms. The number of hydrogen-bond donors (Lipinski definition) is 2. The maximum Gasteiger partial charge on any atom is 0.369 e. The molecule has 16 heteroatoms. The average molecular weight is 627 g/mol. The van der Waals surface area contributed by atoms with Crippen LogP contribution in [-0.4, -0.2) is 44.0 Å². The topological polar surface area (TPSA) is 213 Å². The van der Waals surface area contributed by atoms with Crippen molar-refractivity contribution in [2.45, 2.75) is 90.6 Å². The summed E-state index contributed by atoms with van der Waals surface area (Å²) in [4.78, 5) is 25.5. The van der Waals surface area contributed by atoms with Gasteiger partial charge in [-0.05, 0) is 56.8 Å². The van der Waals surface area contributed by atoms with Gasteiger partial charge in [-0.15, -0.1) is 20.5 Å². The third-order valence-corrected chi connectivity index (χ3v) is 9.25. The number of hydrogen-bond acceptors (Lipinski definition) is 16. The largest absolute Gasteiger partial charge is 0.479 e. The molecular weight excluding hydrogens is 592 g/mol. The highest BCUT2D eigenvalue weighted by atomic mass is 16.8. The van der Waals surface area contributed by atoms with Gasteiger partial charge in [0.25, 0.3) is 23.0 Å². The van der Waals surface area contributed by atoms with Gasteiger partial charge in [-0.2, -0.15) is 0 Å². The highest BCUT2D eigenvalue weighted by molar-refractivity contribution is 5.89. The molecule has 2 fully saturated rings. The van der Waals surface area contributed by atoms with Crippen LogP contribution in [0.25, 0.3) is 0 Å². The molecule has 0 atom stereocenters. The second kappa shape index (κ2) is 11.3. The van der Waals surface area contributed by atoms with Crippen molar-refractivity contribution < 1.29 is 47.8 Å². The van der Waals surface area contributed by atoms with Gasteiger partial charge in [-0.25, -0.2) is 9.59 Å². The molecule has 0 amide bonds. The molecule has 2 spiro atoms. The minimum absolute atomic E-state index is 0.124. The molecule has 0 unspecified atom stereocenters. The van der Waals surface area contributed by atoms with E-state index in [0.717, 1.165) is 0 Å². The van der Waals surface area contributed by atoms with Gasteiger partial charge in [0, 0.05) is 37.8 Å². The van der Waals surface area contributed by atoms with Gasteiger partial charge in [-0.3, -0.25) is 0 Å². The van der Waals surface area contributed by atoms with Crippen molar-refractivity contribution in [3.8, 4) is 0 Å². The van der Waals surface area contributed by atoms with Crippen LogP contribution < -0.4 is 0 Å². The molecule has 0 radical (unpaired) electrons. The zero-order chi connectivity index (χ0) is 32.0. The molecule has 4 aliphatic rings. The molecule has 2 aliphatic carbocycles. The minimum Gasteiger partial charge on any atom is -0.479 e. The Bertz CT molecular complexity index is 1490. The standard InChI is InChI=1S/C29H34N6O10/c1-15-13-19(34-44-15)30-32-21-23(36)40-28(41-24(21)37)9-5-17(6-10-28)27(3,4)18-7-11-29(12-8-18)42-25(38)22(26(39)43-29)33-31-20-14-16(2)45-35-20/h13-14,17-18,36,38H,5-12H2,1-4H3/b32-30+,33-31+. The summed E-state index contributed by atoms with van der Waals surface area (Å²) < 4.78 is 32.6. The number of nitrogens with zero attached hydrogens (tertiary/aromatic N) is 6. The number of aliphatic hydroxyl groups excluding tert-OH is 2. The summed E-state index contributed by atoms with van der Waals surface area (Å²) in [6.07, 6.45) is 4.35. The van der Waals surface area contributed by atoms with Gasteiger partial charge < -0.3 is 38.2 Å². The van der Waals surface area contributed by atoms with Crippen LogP contribution in [0.3, 0.4) is 0 Å². The fourth-order valence-corrected chi connectivity index (χ4v) is 6.62. The van der Waals surface area contributed by atoms with Crippen LogP contribution >= 0.6 is 0 Å². The van der Waals surface area contributed by atoms with Gasteiger partial charge in [0.1, 0.15) is 11.5 Å². The lowest BCUT2D eigenvalue weighted by Crippen LogP contribution is -2.49. The average Bonchev–Trinajstić information content (AvgIpc) is 3.59. The van der Waals surface area contributed by atoms with Crippen LogP contribution in [0.4, 0.5) is 11.6 Å². The Morgan fingerprint density at radius 1 is 0.689 bits per heavy atom. The van der Waals surface area contributed by atoms with Crippen LogP contribution in [0.1, 0.15) is 76.7 Å². The molecule has 2 N–H and O–H groups in total. The highest BCUT2D eigenvalue weighted by Gasteiger charge is 2.53. The Morgan fingerprint density at radius 3 is 1.38 bits per heavy atom. The SMILES string of the molecule is Cc1cc(/N=N/C2=C(O)OC3(CCC(C(C)(C)C4CCC5(CC4)OC(=O)C(/N=N/c4cc(C)on4)=C(O)O5)CC3)OC2=O)no1. The fourth-order valence-electron chi connectivity index (χ4n) is 6.62. The third kappa shape index (κ3) is 6.00. The van der Waals surface area contributed by atoms with Crippen LogP contribution in [0.15, 0.2) is 64.9 Å². The summed E-state index contributed by atoms with van der Waals surface area (Å²) in [6, 6.07) is 3.05. The Kier molecular flexibility index (Phi) is 7.61. The normalized spacial score (nSPS) is 29.4. The molecule has 2 saturated carbocycles. The fraction of sp³-hybridized carbons (Fsp3) is 0.586. The van der Waals surface area contributed by atoms with Gasteiger partial charge >= 0.3 is 23.8 Å². The number of aromatic nitrogens is 2. The van der Waals surface area contributed by atoms with E-state index in [0.29, 0.717) is 62.9 Å². The molecule has 16 nitrogen and oxygen atoms in total. The molecule has 2 aromatic rings. The summed E-state index contributed by atoms with van der Waals surface area (Å²) in [5, 5.41) is 43.4. The number of azo groups is 2. The Hall–Kier alpha value is -4.76. The van der Waals surface area contributed by atoms with Crippen molar-refractivity contribution in [1.29, 1.82) is 0 Å². The van der Waals surface area contributed by atoms with E-state index in [1.165, 1.54) is 12.1 Å². The molecule has 4 heterocycles. The molecular formula is C29H34N6O10. The predicted molar refractivity (Wildman–Crippen MR) is 148 cm³/mol. The number of esters is 2. The van der Waals surface area contributed by atoms with Crippen molar-refractivity contribution in [3.63, 3.8) is 0 Å². The molecule has 2 aliphatic heterocycles. The van der Waals surface area contributed by atoms with Crippen LogP contribution in [0.5, 0.6) is 0 Å². The van der Waals surface area contributed by atoms with E-state index in [2.05, 4.69) is 44.6 Å². The summed E-state index contributed by atoms with van der Waals surface area (Å²) in [5.74, 6) is -3.61. The van der Waals surface area contributed by atoms with E-state index in [-0.39, 0.29) is 28.9 Å². The van der Waals surface area contributed by atoms with Gasteiger partial charge in [-0.1, -0.05) is 24.2 Å². The smallest absolute Gasteiger partial charge is 0.369 e. The van der Waals surface area contributed by atoms with E-state index in [9.17, 15) is 19.8 Å². The molecule has 45 heavy (non-hydrogen) atoms. The summed E-state index contributed by atoms with van der Waals surface area (Å²) in [5.41, 5.74) is -1.00. The summed E-state index contributed by atoms with van der Waals surface area (Å²) in [7, 11) is 0. The lowest BCUT2D eigenvalue weighted by Gasteiger charge is -2.50. The lowest BCUT2D eigenvalue weighted by atomic mass is 9.60. The van der Waals surface area contributed by atoms with Crippen molar-refractivity contribution in [2.75, 3.05) is 0 Å². The first kappa shape index (κ1) is 30.3. The van der Waals surface area contributed by atoms with Gasteiger partial charge in [0.2, 0.25) is 11.6 Å². The summed E-state index contributed by atoms with van der Waals surface area (Å²) in [6.45, 7) is 7.79. The Balaban J connectivity index is 1.05. The lowest BCUT2D eigenvalue weighted by molar-refractivity contribution is -0.260. The maximum atomic E-state index is 12.7. The second-order valence-corrected chi connectivity index (χ2v) is 12.5. The van der Waals surface area contributed by atoms with Crippen molar-refractivity contribution in [2.24, 2.45) is 37.7 Å². The Morgan fingerprint density at radius 2 is 1.07 bits per heavy atom. The first-order valence-corrected chi connectivity index (χ1v) is 14.8. The molecule has 240 valence electrons. The molecule has 0 saturated heterocycles. The quantitative estimate of drug-likeness (QED) is 0.258. The van der Waals surface area contributed by atoms with Gasteiger partial charge in [0.05, 0.1) is 0 Å². The zero-order valence-electron chi connectivity index (χ0n) is 25.3. The monoisotopic (exact) mass is 626 g/mol. The first-order chi connectivity index (χ1) is 21.4. The number of ether oxygens (including phenoxy) is 4. The number of carbonyl (C=O) groups is 2. The van der Waals surface area contributed by atoms with E-state index in [1.807, 2.05) is 0 Å². The minimum atomic E-state index is -1.27. The van der Waals surface area contributed by atoms with E-state index in [1.54, 1.807) is 13.8 Å². The van der Waals surface area contributed by atoms with Crippen LogP contribution in [-0.2, 0) is 28.5 Å². The molecule has 0 aromatic carbocycles. The Labute approximate surface area is 257 Å². The summed E-state index contributed by atoms with van der Waals surface area (Å²) >= 11 is 0. The number of carbonyl (C=O) groups excluding carboxylic acids is 2. The zero-order valence-corrected chi connectivity index (χ0v) is 25.3. The van der Waals surface area contributed by atoms with E-state index >= 15 is 0 Å².